The van der Waals surface area contributed by atoms with Gasteiger partial charge in [0, 0.05) is 38.1 Å². The van der Waals surface area contributed by atoms with E-state index in [-0.39, 0.29) is 23.8 Å². The van der Waals surface area contributed by atoms with E-state index in [1.807, 2.05) is 4.90 Å². The minimum atomic E-state index is -0.218. The zero-order valence-electron chi connectivity index (χ0n) is 14.3. The van der Waals surface area contributed by atoms with Gasteiger partial charge in [-0.1, -0.05) is 6.07 Å². The summed E-state index contributed by atoms with van der Waals surface area (Å²) < 4.78 is 13.3. The van der Waals surface area contributed by atoms with Crippen molar-refractivity contribution in [3.8, 4) is 0 Å². The van der Waals surface area contributed by atoms with Gasteiger partial charge in [-0.2, -0.15) is 0 Å². The van der Waals surface area contributed by atoms with Gasteiger partial charge in [-0.05, 0) is 55.4 Å². The molecule has 2 fully saturated rings. The van der Waals surface area contributed by atoms with E-state index in [1.54, 1.807) is 17.0 Å². The maximum atomic E-state index is 13.3. The number of halogens is 1. The normalized spacial score (nSPS) is 21.0. The zero-order chi connectivity index (χ0) is 17.4. The monoisotopic (exact) mass is 345 g/mol. The number of urea groups is 1. The number of nitrogens with zero attached hydrogens (tertiary/aromatic N) is 2. The topological polar surface area (TPSA) is 52.7 Å². The number of likely N-dealkylation sites (tertiary alicyclic amines) is 1. The maximum absolute atomic E-state index is 13.3. The molecule has 2 heterocycles. The molecule has 5 nitrogen and oxygen atoms in total. The fraction of sp³-hybridized carbons (Fsp3) is 0.579. The number of hydrogen-bond acceptors (Lipinski definition) is 2. The highest BCUT2D eigenvalue weighted by Crippen LogP contribution is 2.32. The third-order valence-electron chi connectivity index (χ3n) is 5.53. The SMILES string of the molecule is O=C(NC1CCN(C(=O)C2CC2)CC1)N1CCc2cc(F)ccc2C1. The van der Waals surface area contributed by atoms with Gasteiger partial charge >= 0.3 is 6.03 Å². The van der Waals surface area contributed by atoms with Crippen molar-refractivity contribution >= 4 is 11.9 Å². The van der Waals surface area contributed by atoms with E-state index in [0.29, 0.717) is 25.4 Å². The van der Waals surface area contributed by atoms with Crippen LogP contribution in [0.1, 0.15) is 36.8 Å². The third-order valence-corrected chi connectivity index (χ3v) is 5.53. The number of carbonyl (C=O) groups is 2. The molecule has 1 saturated carbocycles. The largest absolute Gasteiger partial charge is 0.342 e. The molecule has 1 saturated heterocycles. The van der Waals surface area contributed by atoms with Crippen LogP contribution < -0.4 is 5.32 Å². The van der Waals surface area contributed by atoms with Crippen molar-refractivity contribution in [3.63, 3.8) is 0 Å². The first-order valence-electron chi connectivity index (χ1n) is 9.21. The quantitative estimate of drug-likeness (QED) is 0.894. The second kappa shape index (κ2) is 6.65. The Morgan fingerprint density at radius 3 is 2.48 bits per heavy atom. The van der Waals surface area contributed by atoms with Crippen LogP contribution in [0, 0.1) is 11.7 Å². The summed E-state index contributed by atoms with van der Waals surface area (Å²) in [5.74, 6) is 0.346. The molecule has 3 amide bonds. The lowest BCUT2D eigenvalue weighted by atomic mass is 10.00. The Balaban J connectivity index is 1.28. The van der Waals surface area contributed by atoms with E-state index in [9.17, 15) is 14.0 Å². The second-order valence-electron chi connectivity index (χ2n) is 7.41. The predicted octanol–water partition coefficient (Wildman–Crippen LogP) is 2.29. The van der Waals surface area contributed by atoms with Gasteiger partial charge in [0.15, 0.2) is 0 Å². The molecule has 2 aliphatic heterocycles. The summed E-state index contributed by atoms with van der Waals surface area (Å²) in [6.07, 6.45) is 4.40. The lowest BCUT2D eigenvalue weighted by molar-refractivity contribution is -0.133. The molecule has 25 heavy (non-hydrogen) atoms. The first kappa shape index (κ1) is 16.4. The molecule has 0 radical (unpaired) electrons. The number of carbonyl (C=O) groups excluding carboxylic acids is 2. The maximum Gasteiger partial charge on any atom is 0.317 e. The Hall–Kier alpha value is -2.11. The Bertz CT molecular complexity index is 681. The second-order valence-corrected chi connectivity index (χ2v) is 7.41. The van der Waals surface area contributed by atoms with E-state index < -0.39 is 0 Å². The molecule has 0 unspecified atom stereocenters. The fourth-order valence-electron chi connectivity index (χ4n) is 3.79. The van der Waals surface area contributed by atoms with Gasteiger partial charge in [-0.25, -0.2) is 9.18 Å². The van der Waals surface area contributed by atoms with Crippen LogP contribution in [0.4, 0.5) is 9.18 Å². The summed E-state index contributed by atoms with van der Waals surface area (Å²) in [5.41, 5.74) is 2.02. The molecule has 1 aromatic carbocycles. The van der Waals surface area contributed by atoms with Gasteiger partial charge in [0.2, 0.25) is 5.91 Å². The van der Waals surface area contributed by atoms with Crippen LogP contribution in [0.15, 0.2) is 18.2 Å². The summed E-state index contributed by atoms with van der Waals surface area (Å²) in [4.78, 5) is 28.4. The molecule has 0 atom stereocenters. The molecule has 1 aromatic rings. The van der Waals surface area contributed by atoms with Gasteiger partial charge in [-0.3, -0.25) is 4.79 Å². The highest BCUT2D eigenvalue weighted by Gasteiger charge is 2.35. The number of piperidine rings is 1. The standard InChI is InChI=1S/C19H24FN3O2/c20-16-4-3-15-12-23(8-5-14(15)11-16)19(25)21-17-6-9-22(10-7-17)18(24)13-1-2-13/h3-4,11,13,17H,1-2,5-10,12H2,(H,21,25). The molecule has 1 N–H and O–H groups in total. The molecular weight excluding hydrogens is 321 g/mol. The summed E-state index contributed by atoms with van der Waals surface area (Å²) >= 11 is 0. The van der Waals surface area contributed by atoms with E-state index in [1.165, 1.54) is 6.07 Å². The Morgan fingerprint density at radius 2 is 1.76 bits per heavy atom. The van der Waals surface area contributed by atoms with Crippen LogP contribution in [0.3, 0.4) is 0 Å². The lowest BCUT2D eigenvalue weighted by Crippen LogP contribution is -2.51. The van der Waals surface area contributed by atoms with Crippen molar-refractivity contribution in [2.75, 3.05) is 19.6 Å². The van der Waals surface area contributed by atoms with Crippen molar-refractivity contribution in [2.45, 2.75) is 44.7 Å². The predicted molar refractivity (Wildman–Crippen MR) is 91.4 cm³/mol. The smallest absolute Gasteiger partial charge is 0.317 e. The first-order valence-corrected chi connectivity index (χ1v) is 9.21. The van der Waals surface area contributed by atoms with Gasteiger partial charge in [0.25, 0.3) is 0 Å². The molecular formula is C19H24FN3O2. The molecule has 0 aromatic heterocycles. The number of amides is 3. The minimum absolute atomic E-state index is 0.0538. The number of hydrogen-bond donors (Lipinski definition) is 1. The first-order chi connectivity index (χ1) is 12.1. The molecule has 0 spiro atoms. The summed E-state index contributed by atoms with van der Waals surface area (Å²) in [7, 11) is 0. The zero-order valence-corrected chi connectivity index (χ0v) is 14.3. The number of benzene rings is 1. The molecule has 4 rings (SSSR count). The van der Waals surface area contributed by atoms with Crippen molar-refractivity contribution in [2.24, 2.45) is 5.92 Å². The van der Waals surface area contributed by atoms with Crippen LogP contribution in [0.25, 0.3) is 0 Å². The van der Waals surface area contributed by atoms with Crippen LogP contribution in [-0.2, 0) is 17.8 Å². The average molecular weight is 345 g/mol. The molecule has 134 valence electrons. The molecule has 1 aliphatic carbocycles. The molecule has 3 aliphatic rings. The van der Waals surface area contributed by atoms with E-state index >= 15 is 0 Å². The van der Waals surface area contributed by atoms with Gasteiger partial charge in [0.1, 0.15) is 5.82 Å². The Morgan fingerprint density at radius 1 is 1.00 bits per heavy atom. The summed E-state index contributed by atoms with van der Waals surface area (Å²) in [6, 6.07) is 4.86. The van der Waals surface area contributed by atoms with Crippen molar-refractivity contribution in [3.05, 3.63) is 35.1 Å². The Kier molecular flexibility index (Phi) is 4.36. The van der Waals surface area contributed by atoms with Crippen LogP contribution in [-0.4, -0.2) is 47.4 Å². The molecule has 6 heteroatoms. The van der Waals surface area contributed by atoms with Crippen molar-refractivity contribution in [1.29, 1.82) is 0 Å². The summed E-state index contributed by atoms with van der Waals surface area (Å²) in [5, 5.41) is 3.11. The fourth-order valence-corrected chi connectivity index (χ4v) is 3.79. The lowest BCUT2D eigenvalue weighted by Gasteiger charge is -2.35. The minimum Gasteiger partial charge on any atom is -0.342 e. The van der Waals surface area contributed by atoms with E-state index in [2.05, 4.69) is 5.32 Å². The van der Waals surface area contributed by atoms with Crippen LogP contribution in [0.5, 0.6) is 0 Å². The highest BCUT2D eigenvalue weighted by molar-refractivity contribution is 5.81. The van der Waals surface area contributed by atoms with Crippen LogP contribution >= 0.6 is 0 Å². The van der Waals surface area contributed by atoms with Crippen LogP contribution in [0.2, 0.25) is 0 Å². The Labute approximate surface area is 147 Å². The summed E-state index contributed by atoms with van der Waals surface area (Å²) in [6.45, 7) is 2.62. The number of nitrogens with one attached hydrogen (secondary N) is 1. The number of rotatable bonds is 2. The van der Waals surface area contributed by atoms with Gasteiger partial charge in [-0.15, -0.1) is 0 Å². The molecule has 0 bridgehead atoms. The van der Waals surface area contributed by atoms with E-state index in [4.69, 9.17) is 0 Å². The van der Waals surface area contributed by atoms with E-state index in [0.717, 1.165) is 49.9 Å². The average Bonchev–Trinajstić information content (AvgIpc) is 3.46. The van der Waals surface area contributed by atoms with Crippen molar-refractivity contribution < 1.29 is 14.0 Å². The van der Waals surface area contributed by atoms with Crippen molar-refractivity contribution in [1.82, 2.24) is 15.1 Å². The highest BCUT2D eigenvalue weighted by atomic mass is 19.1. The third kappa shape index (κ3) is 3.62. The van der Waals surface area contributed by atoms with Gasteiger partial charge < -0.3 is 15.1 Å². The number of fused-ring (bicyclic) bond motifs is 1. The van der Waals surface area contributed by atoms with Gasteiger partial charge in [0.05, 0.1) is 0 Å².